The van der Waals surface area contributed by atoms with Gasteiger partial charge in [-0.2, -0.15) is 0 Å². The second-order valence-electron chi connectivity index (χ2n) is 5.84. The molecule has 1 heterocycles. The summed E-state index contributed by atoms with van der Waals surface area (Å²) in [4.78, 5) is 48.8. The predicted octanol–water partition coefficient (Wildman–Crippen LogP) is 1.31. The van der Waals surface area contributed by atoms with Gasteiger partial charge in [-0.25, -0.2) is 0 Å². The van der Waals surface area contributed by atoms with E-state index in [-0.39, 0.29) is 22.6 Å². The summed E-state index contributed by atoms with van der Waals surface area (Å²) in [5.41, 5.74) is 1.13. The minimum Gasteiger partial charge on any atom is -0.545 e. The Morgan fingerprint density at radius 1 is 0.962 bits per heavy atom. The second kappa shape index (κ2) is 6.79. The molecule has 0 bridgehead atoms. The molecule has 0 aliphatic carbocycles. The van der Waals surface area contributed by atoms with E-state index in [9.17, 15) is 24.3 Å². The summed E-state index contributed by atoms with van der Waals surface area (Å²) < 4.78 is 0. The normalized spacial score (nSPS) is 12.9. The number of benzene rings is 2. The van der Waals surface area contributed by atoms with Crippen molar-refractivity contribution in [1.29, 1.82) is 0 Å². The van der Waals surface area contributed by atoms with E-state index in [1.807, 2.05) is 6.92 Å². The van der Waals surface area contributed by atoms with Crippen molar-refractivity contribution < 1.29 is 24.3 Å². The molecule has 3 amide bonds. The number of carbonyl (C=O) groups excluding carboxylic acids is 4. The average molecular weight is 351 g/mol. The van der Waals surface area contributed by atoms with Gasteiger partial charge in [-0.05, 0) is 42.3 Å². The molecule has 0 spiro atoms. The summed E-state index contributed by atoms with van der Waals surface area (Å²) in [7, 11) is 0. The molecule has 132 valence electrons. The van der Waals surface area contributed by atoms with Gasteiger partial charge in [0.15, 0.2) is 0 Å². The van der Waals surface area contributed by atoms with Crippen molar-refractivity contribution in [1.82, 2.24) is 4.90 Å². The van der Waals surface area contributed by atoms with E-state index in [0.717, 1.165) is 0 Å². The minimum absolute atomic E-state index is 0.000606. The molecule has 1 aliphatic rings. The van der Waals surface area contributed by atoms with Crippen molar-refractivity contribution in [2.24, 2.45) is 0 Å². The Morgan fingerprint density at radius 3 is 2.19 bits per heavy atom. The number of hydrogen-bond acceptors (Lipinski definition) is 5. The third kappa shape index (κ3) is 3.06. The van der Waals surface area contributed by atoms with E-state index < -0.39 is 17.8 Å². The molecule has 1 N–H and O–H groups in total. The molecule has 1 aliphatic heterocycles. The first-order valence-electron chi connectivity index (χ1n) is 8.05. The van der Waals surface area contributed by atoms with Crippen LogP contribution in [0, 0.1) is 0 Å². The third-order valence-corrected chi connectivity index (χ3v) is 4.06. The summed E-state index contributed by atoms with van der Waals surface area (Å²) in [5.74, 6) is -2.53. The Hall–Kier alpha value is -3.48. The summed E-state index contributed by atoms with van der Waals surface area (Å²) in [5, 5.41) is 13.3. The Labute approximate surface area is 149 Å². The summed E-state index contributed by atoms with van der Waals surface area (Å²) in [6, 6.07) is 9.86. The van der Waals surface area contributed by atoms with Crippen molar-refractivity contribution in [3.05, 3.63) is 64.7 Å². The number of fused-ring (bicyclic) bond motifs is 1. The summed E-state index contributed by atoms with van der Waals surface area (Å²) >= 11 is 0. The smallest absolute Gasteiger partial charge is 0.261 e. The van der Waals surface area contributed by atoms with E-state index in [0.29, 0.717) is 24.2 Å². The zero-order valence-electron chi connectivity index (χ0n) is 13.9. The van der Waals surface area contributed by atoms with Gasteiger partial charge in [0.1, 0.15) is 0 Å². The molecule has 2 aromatic carbocycles. The number of amides is 3. The molecule has 0 atom stereocenters. The molecule has 0 aromatic heterocycles. The van der Waals surface area contributed by atoms with Gasteiger partial charge < -0.3 is 15.2 Å². The lowest BCUT2D eigenvalue weighted by Gasteiger charge is -2.11. The van der Waals surface area contributed by atoms with Crippen LogP contribution in [0.15, 0.2) is 42.5 Å². The molecular weight excluding hydrogens is 336 g/mol. The molecule has 0 radical (unpaired) electrons. The highest BCUT2D eigenvalue weighted by molar-refractivity contribution is 6.22. The molecule has 26 heavy (non-hydrogen) atoms. The van der Waals surface area contributed by atoms with Crippen LogP contribution in [0.1, 0.15) is 54.8 Å². The number of rotatable bonds is 5. The molecule has 0 unspecified atom stereocenters. The number of imide groups is 1. The Morgan fingerprint density at radius 2 is 1.58 bits per heavy atom. The molecule has 0 saturated carbocycles. The number of hydrogen-bond donors (Lipinski definition) is 1. The van der Waals surface area contributed by atoms with Crippen LogP contribution in [0.5, 0.6) is 0 Å². The Kier molecular flexibility index (Phi) is 4.53. The minimum atomic E-state index is -1.30. The number of aromatic carboxylic acids is 1. The van der Waals surface area contributed by atoms with E-state index in [1.54, 1.807) is 0 Å². The number of carboxylic acids is 1. The highest BCUT2D eigenvalue weighted by Crippen LogP contribution is 2.24. The van der Waals surface area contributed by atoms with Gasteiger partial charge in [0.25, 0.3) is 17.7 Å². The quantitative estimate of drug-likeness (QED) is 0.818. The number of anilines is 1. The molecular formula is C19H15N2O5-. The molecule has 3 rings (SSSR count). The number of nitrogens with zero attached hydrogens (tertiary/aromatic N) is 1. The van der Waals surface area contributed by atoms with Gasteiger partial charge >= 0.3 is 0 Å². The van der Waals surface area contributed by atoms with Crippen LogP contribution in [0.2, 0.25) is 0 Å². The first kappa shape index (κ1) is 17.3. The fourth-order valence-electron chi connectivity index (χ4n) is 2.75. The van der Waals surface area contributed by atoms with Crippen LogP contribution >= 0.6 is 0 Å². The van der Waals surface area contributed by atoms with E-state index >= 15 is 0 Å². The zero-order valence-corrected chi connectivity index (χ0v) is 13.9. The van der Waals surface area contributed by atoms with Crippen LogP contribution in [0.4, 0.5) is 5.69 Å². The largest absolute Gasteiger partial charge is 0.545 e. The summed E-state index contributed by atoms with van der Waals surface area (Å²) in [6.07, 6.45) is 0.653. The molecule has 7 heteroatoms. The highest BCUT2D eigenvalue weighted by atomic mass is 16.4. The van der Waals surface area contributed by atoms with Crippen LogP contribution < -0.4 is 10.4 Å². The maximum Gasteiger partial charge on any atom is 0.261 e. The fraction of sp³-hybridized carbons (Fsp3) is 0.158. The lowest BCUT2D eigenvalue weighted by Crippen LogP contribution is -2.30. The molecule has 2 aromatic rings. The molecule has 7 nitrogen and oxygen atoms in total. The van der Waals surface area contributed by atoms with Crippen LogP contribution in [-0.4, -0.2) is 35.1 Å². The zero-order chi connectivity index (χ0) is 18.8. The second-order valence-corrected chi connectivity index (χ2v) is 5.84. The van der Waals surface area contributed by atoms with E-state index in [2.05, 4.69) is 5.32 Å². The van der Waals surface area contributed by atoms with Crippen molar-refractivity contribution in [3.63, 3.8) is 0 Å². The number of carboxylic acid groups (broad SMARTS) is 1. The predicted molar refractivity (Wildman–Crippen MR) is 90.8 cm³/mol. The molecule has 0 saturated heterocycles. The first-order valence-corrected chi connectivity index (χ1v) is 8.05. The average Bonchev–Trinajstić information content (AvgIpc) is 2.87. The van der Waals surface area contributed by atoms with Gasteiger partial charge in [-0.1, -0.05) is 19.1 Å². The van der Waals surface area contributed by atoms with Crippen molar-refractivity contribution in [2.45, 2.75) is 13.3 Å². The standard InChI is InChI=1S/C19H16N2O5/c1-2-9-21-17(23)14-8-5-12(10-15(14)18(21)24)16(22)20-13-6-3-11(4-7-13)19(25)26/h3-8,10H,2,9H2,1H3,(H,20,22)(H,25,26)/p-1. The molecule has 0 fully saturated rings. The van der Waals surface area contributed by atoms with Crippen LogP contribution in [0.25, 0.3) is 0 Å². The maximum absolute atomic E-state index is 12.4. The third-order valence-electron chi connectivity index (χ3n) is 4.06. The topological polar surface area (TPSA) is 107 Å². The monoisotopic (exact) mass is 351 g/mol. The highest BCUT2D eigenvalue weighted by Gasteiger charge is 2.35. The summed E-state index contributed by atoms with van der Waals surface area (Å²) in [6.45, 7) is 2.20. The van der Waals surface area contributed by atoms with Crippen molar-refractivity contribution in [2.75, 3.05) is 11.9 Å². The van der Waals surface area contributed by atoms with E-state index in [4.69, 9.17) is 0 Å². The Bertz CT molecular complexity index is 918. The van der Waals surface area contributed by atoms with E-state index in [1.165, 1.54) is 47.4 Å². The van der Waals surface area contributed by atoms with Gasteiger partial charge in [0, 0.05) is 17.8 Å². The van der Waals surface area contributed by atoms with Gasteiger partial charge in [-0.3, -0.25) is 19.3 Å². The van der Waals surface area contributed by atoms with Crippen LogP contribution in [-0.2, 0) is 0 Å². The van der Waals surface area contributed by atoms with Crippen molar-refractivity contribution >= 4 is 29.4 Å². The van der Waals surface area contributed by atoms with Crippen LogP contribution in [0.3, 0.4) is 0 Å². The SMILES string of the molecule is CCCN1C(=O)c2ccc(C(=O)Nc3ccc(C(=O)[O-])cc3)cc2C1=O. The Balaban J connectivity index is 1.81. The van der Waals surface area contributed by atoms with Crippen molar-refractivity contribution in [3.8, 4) is 0 Å². The van der Waals surface area contributed by atoms with Gasteiger partial charge in [0.2, 0.25) is 0 Å². The lowest BCUT2D eigenvalue weighted by molar-refractivity contribution is -0.255. The number of nitrogens with one attached hydrogen (secondary N) is 1. The first-order chi connectivity index (χ1) is 12.4. The lowest BCUT2D eigenvalue weighted by atomic mass is 10.1. The number of carbonyl (C=O) groups is 4. The van der Waals surface area contributed by atoms with Gasteiger partial charge in [-0.15, -0.1) is 0 Å². The maximum atomic E-state index is 12.4. The fourth-order valence-corrected chi connectivity index (χ4v) is 2.75. The van der Waals surface area contributed by atoms with Gasteiger partial charge in [0.05, 0.1) is 17.1 Å².